The zero-order chi connectivity index (χ0) is 19.9. The molecule has 1 amide bonds. The number of nitrogens with one attached hydrogen (secondary N) is 1. The summed E-state index contributed by atoms with van der Waals surface area (Å²) >= 11 is 6.04. The number of halogens is 1. The summed E-state index contributed by atoms with van der Waals surface area (Å²) in [5.74, 6) is 0.0853. The fraction of sp³-hybridized carbons (Fsp3) is 0.300. The third kappa shape index (κ3) is 3.52. The molecule has 2 aromatic rings. The van der Waals surface area contributed by atoms with E-state index in [1.54, 1.807) is 36.4 Å². The highest BCUT2D eigenvalue weighted by Crippen LogP contribution is 2.30. The number of likely N-dealkylation sites (tertiary alicyclic amines) is 1. The van der Waals surface area contributed by atoms with Gasteiger partial charge in [-0.15, -0.1) is 4.40 Å². The Hall–Kier alpha value is -2.38. The van der Waals surface area contributed by atoms with Crippen molar-refractivity contribution in [2.45, 2.75) is 24.7 Å². The number of amides is 1. The highest BCUT2D eigenvalue weighted by molar-refractivity contribution is 7.90. The van der Waals surface area contributed by atoms with E-state index in [-0.39, 0.29) is 16.7 Å². The third-order valence-electron chi connectivity index (χ3n) is 5.16. The van der Waals surface area contributed by atoms with Gasteiger partial charge in [-0.05, 0) is 49.6 Å². The number of benzene rings is 2. The second kappa shape index (κ2) is 7.22. The lowest BCUT2D eigenvalue weighted by atomic mass is 9.96. The number of fused-ring (bicyclic) bond motifs is 1. The van der Waals surface area contributed by atoms with Crippen molar-refractivity contribution in [3.63, 3.8) is 0 Å². The first-order valence-corrected chi connectivity index (χ1v) is 10.9. The Morgan fingerprint density at radius 3 is 2.86 bits per heavy atom. The molecule has 1 saturated heterocycles. The van der Waals surface area contributed by atoms with Crippen LogP contribution in [0.2, 0.25) is 5.02 Å². The molecular weight excluding hydrogens is 398 g/mol. The van der Waals surface area contributed by atoms with Crippen LogP contribution in [0.4, 0.5) is 5.69 Å². The number of carbonyl (C=O) groups is 1. The van der Waals surface area contributed by atoms with Crippen molar-refractivity contribution < 1.29 is 13.2 Å². The van der Waals surface area contributed by atoms with Crippen LogP contribution in [0.5, 0.6) is 0 Å². The number of hydrogen-bond acceptors (Lipinski definition) is 4. The van der Waals surface area contributed by atoms with Crippen molar-refractivity contribution in [1.29, 1.82) is 0 Å². The van der Waals surface area contributed by atoms with Gasteiger partial charge in [0, 0.05) is 29.4 Å². The molecule has 146 valence electrons. The topological polar surface area (TPSA) is 78.8 Å². The zero-order valence-electron chi connectivity index (χ0n) is 15.4. The lowest BCUT2D eigenvalue weighted by Gasteiger charge is -2.33. The van der Waals surface area contributed by atoms with Crippen molar-refractivity contribution in [2.75, 3.05) is 18.4 Å². The zero-order valence-corrected chi connectivity index (χ0v) is 16.9. The van der Waals surface area contributed by atoms with Gasteiger partial charge in [-0.1, -0.05) is 29.8 Å². The quantitative estimate of drug-likeness (QED) is 0.811. The summed E-state index contributed by atoms with van der Waals surface area (Å²) in [6, 6.07) is 12.2. The van der Waals surface area contributed by atoms with Crippen LogP contribution in [0.15, 0.2) is 51.8 Å². The molecule has 28 heavy (non-hydrogen) atoms. The highest BCUT2D eigenvalue weighted by atomic mass is 35.5. The van der Waals surface area contributed by atoms with Gasteiger partial charge < -0.3 is 10.2 Å². The Kier molecular flexibility index (Phi) is 4.89. The lowest BCUT2D eigenvalue weighted by Crippen LogP contribution is -2.43. The highest BCUT2D eigenvalue weighted by Gasteiger charge is 2.35. The molecule has 2 aliphatic heterocycles. The SMILES string of the molecule is Cc1ccc(Cl)cc1NC(=O)[C@H]1CCCN(C2=NS(=O)(=O)c3ccccc32)C1. The number of rotatable bonds is 2. The van der Waals surface area contributed by atoms with E-state index in [0.717, 1.165) is 18.4 Å². The van der Waals surface area contributed by atoms with E-state index in [0.29, 0.717) is 35.2 Å². The molecule has 2 aliphatic rings. The average molecular weight is 418 g/mol. The molecule has 0 aromatic heterocycles. The van der Waals surface area contributed by atoms with Gasteiger partial charge in [0.2, 0.25) is 5.91 Å². The summed E-state index contributed by atoms with van der Waals surface area (Å²) in [5, 5.41) is 3.52. The molecule has 1 fully saturated rings. The van der Waals surface area contributed by atoms with Crippen LogP contribution in [-0.2, 0) is 14.8 Å². The minimum Gasteiger partial charge on any atom is -0.355 e. The molecule has 1 N–H and O–H groups in total. The molecule has 1 atom stereocenters. The van der Waals surface area contributed by atoms with Gasteiger partial charge in [0.25, 0.3) is 10.0 Å². The first-order chi connectivity index (χ1) is 13.3. The van der Waals surface area contributed by atoms with Gasteiger partial charge in [-0.2, -0.15) is 8.42 Å². The van der Waals surface area contributed by atoms with Crippen LogP contribution < -0.4 is 5.32 Å². The third-order valence-corrected chi connectivity index (χ3v) is 6.72. The smallest absolute Gasteiger partial charge is 0.285 e. The van der Waals surface area contributed by atoms with E-state index in [9.17, 15) is 13.2 Å². The van der Waals surface area contributed by atoms with Crippen LogP contribution in [0.25, 0.3) is 0 Å². The van der Waals surface area contributed by atoms with Gasteiger partial charge in [0.15, 0.2) is 5.84 Å². The molecule has 0 aliphatic carbocycles. The summed E-state index contributed by atoms with van der Waals surface area (Å²) in [7, 11) is -3.67. The van der Waals surface area contributed by atoms with Crippen LogP contribution in [0.1, 0.15) is 24.0 Å². The van der Waals surface area contributed by atoms with E-state index in [4.69, 9.17) is 11.6 Å². The molecule has 0 spiro atoms. The summed E-state index contributed by atoms with van der Waals surface area (Å²) in [6.45, 7) is 3.00. The summed E-state index contributed by atoms with van der Waals surface area (Å²) in [4.78, 5) is 15.0. The number of anilines is 1. The fourth-order valence-electron chi connectivity index (χ4n) is 3.66. The molecule has 0 bridgehead atoms. The number of nitrogens with zero attached hydrogens (tertiary/aromatic N) is 2. The van der Waals surface area contributed by atoms with Crippen LogP contribution in [0, 0.1) is 12.8 Å². The minimum absolute atomic E-state index is 0.0928. The van der Waals surface area contributed by atoms with Crippen molar-refractivity contribution in [3.05, 3.63) is 58.6 Å². The van der Waals surface area contributed by atoms with E-state index >= 15 is 0 Å². The van der Waals surface area contributed by atoms with Crippen LogP contribution in [0.3, 0.4) is 0 Å². The normalized spacial score (nSPS) is 20.4. The van der Waals surface area contributed by atoms with Crippen molar-refractivity contribution in [1.82, 2.24) is 4.90 Å². The van der Waals surface area contributed by atoms with Crippen molar-refractivity contribution in [3.8, 4) is 0 Å². The summed E-state index contributed by atoms with van der Waals surface area (Å²) in [6.07, 6.45) is 1.53. The number of piperidine rings is 1. The Labute approximate surface area is 169 Å². The largest absolute Gasteiger partial charge is 0.355 e. The molecule has 8 heteroatoms. The molecule has 4 rings (SSSR count). The molecular formula is C20H20ClN3O3S. The second-order valence-electron chi connectivity index (χ2n) is 7.12. The molecule has 6 nitrogen and oxygen atoms in total. The molecule has 0 saturated carbocycles. The van der Waals surface area contributed by atoms with E-state index < -0.39 is 10.0 Å². The number of sulfonamides is 1. The van der Waals surface area contributed by atoms with E-state index in [2.05, 4.69) is 9.71 Å². The first-order valence-electron chi connectivity index (χ1n) is 9.11. The summed E-state index contributed by atoms with van der Waals surface area (Å²) in [5.41, 5.74) is 2.24. The van der Waals surface area contributed by atoms with Gasteiger partial charge in [0.05, 0.1) is 5.92 Å². The summed E-state index contributed by atoms with van der Waals surface area (Å²) < 4.78 is 28.6. The Morgan fingerprint density at radius 2 is 2.04 bits per heavy atom. The lowest BCUT2D eigenvalue weighted by molar-refractivity contribution is -0.121. The number of aryl methyl sites for hydroxylation is 1. The maximum atomic E-state index is 12.8. The Balaban J connectivity index is 1.54. The first kappa shape index (κ1) is 19.0. The predicted molar refractivity (Wildman–Crippen MR) is 109 cm³/mol. The van der Waals surface area contributed by atoms with E-state index in [1.165, 1.54) is 0 Å². The predicted octanol–water partition coefficient (Wildman–Crippen LogP) is 3.45. The average Bonchev–Trinajstić information content (AvgIpc) is 2.96. The van der Waals surface area contributed by atoms with Gasteiger partial charge in [0.1, 0.15) is 4.90 Å². The maximum absolute atomic E-state index is 12.8. The molecule has 0 unspecified atom stereocenters. The molecule has 0 radical (unpaired) electrons. The van der Waals surface area contributed by atoms with Gasteiger partial charge in [-0.25, -0.2) is 0 Å². The minimum atomic E-state index is -3.67. The van der Waals surface area contributed by atoms with E-state index in [1.807, 2.05) is 17.9 Å². The van der Waals surface area contributed by atoms with Crippen LogP contribution in [-0.4, -0.2) is 38.2 Å². The van der Waals surface area contributed by atoms with Gasteiger partial charge in [-0.3, -0.25) is 4.79 Å². The second-order valence-corrected chi connectivity index (χ2v) is 9.13. The monoisotopic (exact) mass is 417 g/mol. The van der Waals surface area contributed by atoms with Crippen molar-refractivity contribution >= 4 is 39.1 Å². The Bertz CT molecular complexity index is 1080. The molecule has 2 aromatic carbocycles. The van der Waals surface area contributed by atoms with Crippen molar-refractivity contribution in [2.24, 2.45) is 10.3 Å². The standard InChI is InChI=1S/C20H20ClN3O3S/c1-13-8-9-15(21)11-17(13)22-20(25)14-5-4-10-24(12-14)19-16-6-2-3-7-18(16)28(26,27)23-19/h2-3,6-9,11,14H,4-5,10,12H2,1H3,(H,22,25)/t14-/m0/s1. The number of amidine groups is 1. The van der Waals surface area contributed by atoms with Crippen LogP contribution >= 0.6 is 11.6 Å². The number of carbonyl (C=O) groups excluding carboxylic acids is 1. The fourth-order valence-corrected chi connectivity index (χ4v) is 5.06. The molecule has 2 heterocycles. The van der Waals surface area contributed by atoms with Gasteiger partial charge >= 0.3 is 0 Å². The Morgan fingerprint density at radius 1 is 1.25 bits per heavy atom. The maximum Gasteiger partial charge on any atom is 0.285 e. The number of hydrogen-bond donors (Lipinski definition) is 1.